The summed E-state index contributed by atoms with van der Waals surface area (Å²) in [5.41, 5.74) is 2.22. The largest absolute Gasteiger partial charge is 0.361 e. The molecule has 4 heteroatoms. The Morgan fingerprint density at radius 3 is 2.94 bits per heavy atom. The normalized spacial score (nSPS) is 22.1. The van der Waals surface area contributed by atoms with Gasteiger partial charge < -0.3 is 5.32 Å². The van der Waals surface area contributed by atoms with E-state index < -0.39 is 0 Å². The molecule has 92 valence electrons. The Morgan fingerprint density at radius 1 is 1.53 bits per heavy atom. The third-order valence-electron chi connectivity index (χ3n) is 2.89. The van der Waals surface area contributed by atoms with Crippen molar-refractivity contribution < 1.29 is 0 Å². The van der Waals surface area contributed by atoms with Gasteiger partial charge in [0.2, 0.25) is 0 Å². The Kier molecular flexibility index (Phi) is 4.05. The molecule has 2 heterocycles. The van der Waals surface area contributed by atoms with Gasteiger partial charge in [-0.15, -0.1) is 0 Å². The molecule has 0 unspecified atom stereocenters. The highest BCUT2D eigenvalue weighted by Crippen LogP contribution is 2.19. The van der Waals surface area contributed by atoms with Crippen molar-refractivity contribution in [1.29, 1.82) is 0 Å². The number of amidine groups is 1. The number of aryl methyl sites for hydroxylation is 1. The van der Waals surface area contributed by atoms with Crippen LogP contribution in [0.2, 0.25) is 0 Å². The average Bonchev–Trinajstić information content (AvgIpc) is 2.77. The van der Waals surface area contributed by atoms with Gasteiger partial charge in [0, 0.05) is 23.7 Å². The van der Waals surface area contributed by atoms with Gasteiger partial charge in [0.15, 0.2) is 5.17 Å². The van der Waals surface area contributed by atoms with Gasteiger partial charge in [0.1, 0.15) is 0 Å². The van der Waals surface area contributed by atoms with Gasteiger partial charge in [-0.1, -0.05) is 31.7 Å². The molecule has 3 nitrogen and oxygen atoms in total. The molecule has 0 amide bonds. The van der Waals surface area contributed by atoms with Crippen molar-refractivity contribution in [1.82, 2.24) is 10.3 Å². The molecule has 1 aliphatic rings. The van der Waals surface area contributed by atoms with Crippen LogP contribution < -0.4 is 5.32 Å². The molecule has 0 radical (unpaired) electrons. The van der Waals surface area contributed by atoms with E-state index in [1.165, 1.54) is 5.56 Å². The molecule has 0 bridgehead atoms. The fraction of sp³-hybridized carbons (Fsp3) is 0.538. The van der Waals surface area contributed by atoms with E-state index in [9.17, 15) is 0 Å². The minimum atomic E-state index is 0.565. The molecule has 0 saturated carbocycles. The third-order valence-corrected chi connectivity index (χ3v) is 3.94. The maximum absolute atomic E-state index is 4.58. The summed E-state index contributed by atoms with van der Waals surface area (Å²) in [4.78, 5) is 8.86. The quantitative estimate of drug-likeness (QED) is 0.894. The molecule has 0 aromatic carbocycles. The van der Waals surface area contributed by atoms with Crippen LogP contribution in [0.15, 0.2) is 23.3 Å². The Morgan fingerprint density at radius 2 is 2.35 bits per heavy atom. The zero-order valence-corrected chi connectivity index (χ0v) is 11.4. The number of pyridine rings is 1. The summed E-state index contributed by atoms with van der Waals surface area (Å²) in [5, 5.41) is 4.54. The van der Waals surface area contributed by atoms with E-state index in [-0.39, 0.29) is 0 Å². The van der Waals surface area contributed by atoms with Crippen LogP contribution in [0.25, 0.3) is 0 Å². The zero-order valence-electron chi connectivity index (χ0n) is 10.6. The number of hydrogen-bond donors (Lipinski definition) is 1. The summed E-state index contributed by atoms with van der Waals surface area (Å²) in [5.74, 6) is 1.79. The van der Waals surface area contributed by atoms with Crippen LogP contribution in [0.3, 0.4) is 0 Å². The van der Waals surface area contributed by atoms with Crippen molar-refractivity contribution in [2.24, 2.45) is 10.9 Å². The Labute approximate surface area is 107 Å². The second-order valence-electron chi connectivity index (χ2n) is 4.74. The first-order valence-corrected chi connectivity index (χ1v) is 6.99. The fourth-order valence-electron chi connectivity index (χ4n) is 1.62. The minimum absolute atomic E-state index is 0.565. The van der Waals surface area contributed by atoms with E-state index in [1.807, 2.05) is 30.9 Å². The molecule has 1 saturated heterocycles. The van der Waals surface area contributed by atoms with Crippen LogP contribution in [0.4, 0.5) is 0 Å². The molecule has 1 fully saturated rings. The van der Waals surface area contributed by atoms with Crippen molar-refractivity contribution in [3.8, 4) is 0 Å². The molecule has 17 heavy (non-hydrogen) atoms. The summed E-state index contributed by atoms with van der Waals surface area (Å²) in [7, 11) is 0. The van der Waals surface area contributed by atoms with E-state index in [0.717, 1.165) is 16.6 Å². The molecular formula is C13H19N3S. The van der Waals surface area contributed by atoms with Gasteiger partial charge in [0.05, 0.1) is 6.54 Å². The molecular weight excluding hydrogens is 230 g/mol. The SMILES string of the molecule is Cc1ccc(CN=C2N[C@@H](C(C)C)CS2)cn1. The molecule has 2 rings (SSSR count). The van der Waals surface area contributed by atoms with Crippen molar-refractivity contribution in [3.05, 3.63) is 29.6 Å². The van der Waals surface area contributed by atoms with Gasteiger partial charge in [-0.25, -0.2) is 0 Å². The van der Waals surface area contributed by atoms with Crippen molar-refractivity contribution in [3.63, 3.8) is 0 Å². The highest BCUT2D eigenvalue weighted by atomic mass is 32.2. The lowest BCUT2D eigenvalue weighted by atomic mass is 10.1. The lowest BCUT2D eigenvalue weighted by Crippen LogP contribution is -2.31. The Hall–Kier alpha value is -1.03. The maximum Gasteiger partial charge on any atom is 0.157 e. The smallest absolute Gasteiger partial charge is 0.157 e. The number of hydrogen-bond acceptors (Lipinski definition) is 3. The van der Waals surface area contributed by atoms with Gasteiger partial charge >= 0.3 is 0 Å². The van der Waals surface area contributed by atoms with Crippen molar-refractivity contribution in [2.45, 2.75) is 33.4 Å². The average molecular weight is 249 g/mol. The molecule has 1 N–H and O–H groups in total. The highest BCUT2D eigenvalue weighted by molar-refractivity contribution is 8.14. The van der Waals surface area contributed by atoms with E-state index in [0.29, 0.717) is 18.5 Å². The minimum Gasteiger partial charge on any atom is -0.361 e. The molecule has 1 aliphatic heterocycles. The summed E-state index contributed by atoms with van der Waals surface area (Å²) >= 11 is 1.82. The van der Waals surface area contributed by atoms with Gasteiger partial charge in [-0.05, 0) is 24.5 Å². The number of thioether (sulfide) groups is 1. The van der Waals surface area contributed by atoms with Crippen LogP contribution in [0, 0.1) is 12.8 Å². The number of aromatic nitrogens is 1. The molecule has 0 spiro atoms. The first-order chi connectivity index (χ1) is 8.15. The zero-order chi connectivity index (χ0) is 12.3. The van der Waals surface area contributed by atoms with Crippen molar-refractivity contribution >= 4 is 16.9 Å². The third kappa shape index (κ3) is 3.46. The Balaban J connectivity index is 1.91. The van der Waals surface area contributed by atoms with Crippen LogP contribution in [0.5, 0.6) is 0 Å². The van der Waals surface area contributed by atoms with Crippen molar-refractivity contribution in [2.75, 3.05) is 5.75 Å². The van der Waals surface area contributed by atoms with E-state index in [2.05, 4.69) is 35.2 Å². The predicted octanol–water partition coefficient (Wildman–Crippen LogP) is 2.61. The van der Waals surface area contributed by atoms with E-state index >= 15 is 0 Å². The maximum atomic E-state index is 4.58. The molecule has 1 atom stereocenters. The Bertz CT molecular complexity index is 398. The lowest BCUT2D eigenvalue weighted by Gasteiger charge is -2.13. The van der Waals surface area contributed by atoms with Gasteiger partial charge in [-0.2, -0.15) is 0 Å². The van der Waals surface area contributed by atoms with Gasteiger partial charge in [-0.3, -0.25) is 9.98 Å². The summed E-state index contributed by atoms with van der Waals surface area (Å²) in [6.45, 7) is 7.20. The summed E-state index contributed by atoms with van der Waals surface area (Å²) < 4.78 is 0. The summed E-state index contributed by atoms with van der Waals surface area (Å²) in [6, 6.07) is 4.68. The topological polar surface area (TPSA) is 37.3 Å². The molecule has 1 aromatic heterocycles. The second kappa shape index (κ2) is 5.54. The monoisotopic (exact) mass is 249 g/mol. The van der Waals surface area contributed by atoms with Crippen LogP contribution in [-0.4, -0.2) is 21.9 Å². The van der Waals surface area contributed by atoms with E-state index in [1.54, 1.807) is 0 Å². The standard InChI is InChI=1S/C13H19N3S/c1-9(2)12-8-17-13(16-12)15-7-11-5-4-10(3)14-6-11/h4-6,9,12H,7-8H2,1-3H3,(H,15,16)/t12-/m1/s1. The predicted molar refractivity (Wildman–Crippen MR) is 74.3 cm³/mol. The van der Waals surface area contributed by atoms with Gasteiger partial charge in [0.25, 0.3) is 0 Å². The highest BCUT2D eigenvalue weighted by Gasteiger charge is 2.22. The number of rotatable bonds is 3. The second-order valence-corrected chi connectivity index (χ2v) is 5.74. The molecule has 1 aromatic rings. The first-order valence-electron chi connectivity index (χ1n) is 6.00. The fourth-order valence-corrected chi connectivity index (χ4v) is 2.81. The summed E-state index contributed by atoms with van der Waals surface area (Å²) in [6.07, 6.45) is 1.90. The molecule has 0 aliphatic carbocycles. The van der Waals surface area contributed by atoms with Crippen LogP contribution >= 0.6 is 11.8 Å². The van der Waals surface area contributed by atoms with Crippen LogP contribution in [-0.2, 0) is 6.54 Å². The number of nitrogens with zero attached hydrogens (tertiary/aromatic N) is 2. The number of aliphatic imine (C=N–C) groups is 1. The lowest BCUT2D eigenvalue weighted by molar-refractivity contribution is 0.503. The first kappa shape index (κ1) is 12.4. The number of nitrogens with one attached hydrogen (secondary N) is 1. The van der Waals surface area contributed by atoms with Crippen LogP contribution in [0.1, 0.15) is 25.1 Å². The van der Waals surface area contributed by atoms with E-state index in [4.69, 9.17) is 0 Å².